The second kappa shape index (κ2) is 4.36. The van der Waals surface area contributed by atoms with Gasteiger partial charge in [-0.3, -0.25) is 9.78 Å². The Morgan fingerprint density at radius 3 is 2.60 bits per heavy atom. The molecule has 0 aromatic carbocycles. The van der Waals surface area contributed by atoms with Crippen molar-refractivity contribution in [1.29, 1.82) is 0 Å². The van der Waals surface area contributed by atoms with Gasteiger partial charge in [-0.2, -0.15) is 0 Å². The fourth-order valence-corrected chi connectivity index (χ4v) is 0.588. The van der Waals surface area contributed by atoms with Gasteiger partial charge in [0.2, 0.25) is 5.28 Å². The van der Waals surface area contributed by atoms with E-state index in [0.29, 0.717) is 0 Å². The minimum absolute atomic E-state index is 0. The number of nitrogens with one attached hydrogen (secondary N) is 1. The molecular formula is C4H4Cl2N2NaO. The van der Waals surface area contributed by atoms with Crippen LogP contribution >= 0.6 is 23.2 Å². The van der Waals surface area contributed by atoms with Gasteiger partial charge in [0.05, 0.1) is 6.20 Å². The molecule has 0 bridgehead atoms. The van der Waals surface area contributed by atoms with Crippen LogP contribution in [-0.4, -0.2) is 39.5 Å². The Bertz CT molecular complexity index is 279. The molecule has 0 saturated carbocycles. The standard InChI is InChI=1S/C4H2Cl2N2O.Na.H2/c5-2-1-7-4(6)8-3(2)9;;/h1H,(H,7,8,9);;1H. The van der Waals surface area contributed by atoms with Crippen molar-refractivity contribution < 1.29 is 1.43 Å². The van der Waals surface area contributed by atoms with E-state index in [9.17, 15) is 4.79 Å². The zero-order valence-corrected chi connectivity index (χ0v) is 8.70. The van der Waals surface area contributed by atoms with Gasteiger partial charge in [-0.05, 0) is 11.6 Å². The number of aromatic nitrogens is 2. The first kappa shape index (κ1) is 10.5. The van der Waals surface area contributed by atoms with Crippen molar-refractivity contribution in [2.45, 2.75) is 0 Å². The fourth-order valence-electron chi connectivity index (χ4n) is 0.358. The zero-order chi connectivity index (χ0) is 6.85. The first-order valence-electron chi connectivity index (χ1n) is 2.10. The molecule has 1 rings (SSSR count). The number of nitrogens with zero attached hydrogens (tertiary/aromatic N) is 1. The molecule has 1 radical (unpaired) electrons. The van der Waals surface area contributed by atoms with E-state index >= 15 is 0 Å². The molecule has 0 atom stereocenters. The number of hydrogen-bond donors (Lipinski definition) is 1. The summed E-state index contributed by atoms with van der Waals surface area (Å²) in [6, 6.07) is 0. The molecule has 0 saturated heterocycles. The maximum absolute atomic E-state index is 10.5. The Kier molecular flexibility index (Phi) is 4.56. The van der Waals surface area contributed by atoms with E-state index in [1.165, 1.54) is 6.20 Å². The Labute approximate surface area is 90.5 Å². The molecule has 0 fully saturated rings. The minimum Gasteiger partial charge on any atom is -0.296 e. The largest absolute Gasteiger partial charge is 0.296 e. The molecule has 1 N–H and O–H groups in total. The van der Waals surface area contributed by atoms with Gasteiger partial charge in [-0.25, -0.2) is 4.98 Å². The van der Waals surface area contributed by atoms with Crippen molar-refractivity contribution in [3.05, 3.63) is 26.9 Å². The van der Waals surface area contributed by atoms with E-state index in [0.717, 1.165) is 0 Å². The van der Waals surface area contributed by atoms with Gasteiger partial charge in [0, 0.05) is 31.0 Å². The van der Waals surface area contributed by atoms with Gasteiger partial charge in [0.1, 0.15) is 5.02 Å². The number of rotatable bonds is 0. The molecule has 1 aromatic rings. The van der Waals surface area contributed by atoms with Crippen LogP contribution < -0.4 is 5.56 Å². The van der Waals surface area contributed by atoms with E-state index in [-0.39, 0.29) is 41.3 Å². The first-order chi connectivity index (χ1) is 4.20. The summed E-state index contributed by atoms with van der Waals surface area (Å²) in [5.74, 6) is 0. The van der Waals surface area contributed by atoms with Crippen LogP contribution in [0.25, 0.3) is 0 Å². The summed E-state index contributed by atoms with van der Waals surface area (Å²) >= 11 is 10.6. The molecule has 10 heavy (non-hydrogen) atoms. The van der Waals surface area contributed by atoms with Crippen molar-refractivity contribution in [3.63, 3.8) is 0 Å². The second-order valence-electron chi connectivity index (χ2n) is 1.35. The first-order valence-corrected chi connectivity index (χ1v) is 2.86. The third-order valence-corrected chi connectivity index (χ3v) is 1.19. The van der Waals surface area contributed by atoms with Crippen LogP contribution in [0.1, 0.15) is 1.43 Å². The molecule has 0 spiro atoms. The average Bonchev–Trinajstić information content (AvgIpc) is 1.80. The quantitative estimate of drug-likeness (QED) is 0.488. The van der Waals surface area contributed by atoms with Crippen molar-refractivity contribution in [3.8, 4) is 0 Å². The van der Waals surface area contributed by atoms with Crippen molar-refractivity contribution in [2.75, 3.05) is 0 Å². The van der Waals surface area contributed by atoms with Gasteiger partial charge in [0.15, 0.2) is 0 Å². The van der Waals surface area contributed by atoms with E-state index < -0.39 is 5.56 Å². The summed E-state index contributed by atoms with van der Waals surface area (Å²) in [5.41, 5.74) is -0.420. The Morgan fingerprint density at radius 2 is 2.20 bits per heavy atom. The number of halogens is 2. The van der Waals surface area contributed by atoms with Gasteiger partial charge in [-0.15, -0.1) is 0 Å². The monoisotopic (exact) mass is 189 g/mol. The van der Waals surface area contributed by atoms with Crippen molar-refractivity contribution in [2.24, 2.45) is 0 Å². The molecule has 0 aliphatic rings. The predicted molar refractivity (Wildman–Crippen MR) is 42.7 cm³/mol. The Balaban J connectivity index is 0. The molecule has 1 aromatic heterocycles. The van der Waals surface area contributed by atoms with E-state index in [2.05, 4.69) is 9.97 Å². The van der Waals surface area contributed by atoms with Crippen LogP contribution in [0, 0.1) is 0 Å². The summed E-state index contributed by atoms with van der Waals surface area (Å²) < 4.78 is 0. The van der Waals surface area contributed by atoms with Crippen LogP contribution in [0.4, 0.5) is 0 Å². The Hall–Kier alpha value is 0.460. The minimum atomic E-state index is -0.420. The van der Waals surface area contributed by atoms with Gasteiger partial charge >= 0.3 is 0 Å². The maximum Gasteiger partial charge on any atom is 0.270 e. The summed E-state index contributed by atoms with van der Waals surface area (Å²) in [5, 5.41) is 0.0869. The summed E-state index contributed by atoms with van der Waals surface area (Å²) in [7, 11) is 0. The van der Waals surface area contributed by atoms with Crippen LogP contribution in [0.15, 0.2) is 11.0 Å². The average molecular weight is 190 g/mol. The summed E-state index contributed by atoms with van der Waals surface area (Å²) in [6.45, 7) is 0. The van der Waals surface area contributed by atoms with Crippen LogP contribution in [0.3, 0.4) is 0 Å². The maximum atomic E-state index is 10.5. The number of hydrogen-bond acceptors (Lipinski definition) is 2. The predicted octanol–water partition coefficient (Wildman–Crippen LogP) is 0.942. The summed E-state index contributed by atoms with van der Waals surface area (Å²) in [6.07, 6.45) is 1.20. The Morgan fingerprint density at radius 1 is 1.60 bits per heavy atom. The fraction of sp³-hybridized carbons (Fsp3) is 0. The van der Waals surface area contributed by atoms with Crippen LogP contribution in [0.5, 0.6) is 0 Å². The normalized spacial score (nSPS) is 8.60. The molecule has 6 heteroatoms. The smallest absolute Gasteiger partial charge is 0.270 e. The van der Waals surface area contributed by atoms with E-state index in [4.69, 9.17) is 23.2 Å². The zero-order valence-electron chi connectivity index (χ0n) is 5.19. The molecule has 0 amide bonds. The van der Waals surface area contributed by atoms with Crippen LogP contribution in [-0.2, 0) is 0 Å². The van der Waals surface area contributed by atoms with Crippen molar-refractivity contribution in [1.82, 2.24) is 9.97 Å². The van der Waals surface area contributed by atoms with E-state index in [1.807, 2.05) is 0 Å². The molecular weight excluding hydrogens is 186 g/mol. The van der Waals surface area contributed by atoms with Crippen LogP contribution in [0.2, 0.25) is 10.3 Å². The van der Waals surface area contributed by atoms with Gasteiger partial charge < -0.3 is 0 Å². The molecule has 0 aliphatic carbocycles. The molecule has 0 unspecified atom stereocenters. The molecule has 51 valence electrons. The SMILES string of the molecule is O=c1[nH]c(Cl)ncc1Cl.[HH].[Na]. The van der Waals surface area contributed by atoms with E-state index in [1.54, 1.807) is 0 Å². The third-order valence-electron chi connectivity index (χ3n) is 0.725. The number of H-pyrrole nitrogens is 1. The molecule has 3 nitrogen and oxygen atoms in total. The molecule has 1 heterocycles. The molecule has 0 aliphatic heterocycles. The van der Waals surface area contributed by atoms with Gasteiger partial charge in [-0.1, -0.05) is 11.6 Å². The van der Waals surface area contributed by atoms with Crippen molar-refractivity contribution >= 4 is 52.8 Å². The third kappa shape index (κ3) is 2.60. The van der Waals surface area contributed by atoms with Gasteiger partial charge in [0.25, 0.3) is 5.56 Å². The topological polar surface area (TPSA) is 45.8 Å². The number of aromatic amines is 1. The second-order valence-corrected chi connectivity index (χ2v) is 2.12. The summed E-state index contributed by atoms with van der Waals surface area (Å²) in [4.78, 5) is 16.3.